The summed E-state index contributed by atoms with van der Waals surface area (Å²) in [6.07, 6.45) is 0.583. The van der Waals surface area contributed by atoms with Crippen molar-refractivity contribution in [2.24, 2.45) is 0 Å². The molecule has 3 aromatic carbocycles. The van der Waals surface area contributed by atoms with Gasteiger partial charge in [-0.25, -0.2) is 4.79 Å². The lowest BCUT2D eigenvalue weighted by molar-refractivity contribution is -0.142. The van der Waals surface area contributed by atoms with E-state index >= 15 is 0 Å². The zero-order valence-electron chi connectivity index (χ0n) is 17.1. The van der Waals surface area contributed by atoms with Crippen molar-refractivity contribution in [3.8, 4) is 28.4 Å². The minimum absolute atomic E-state index is 0.173. The van der Waals surface area contributed by atoms with Crippen molar-refractivity contribution in [1.82, 2.24) is 0 Å². The van der Waals surface area contributed by atoms with Gasteiger partial charge in [0.15, 0.2) is 6.61 Å². The first-order chi connectivity index (χ1) is 14.4. The Balaban J connectivity index is 1.87. The average Bonchev–Trinajstić information content (AvgIpc) is 2.75. The second-order valence-electron chi connectivity index (χ2n) is 6.83. The van der Waals surface area contributed by atoms with Crippen LogP contribution in [0.25, 0.3) is 11.1 Å². The zero-order chi connectivity index (χ0) is 21.7. The highest BCUT2D eigenvalue weighted by Crippen LogP contribution is 2.34. The van der Waals surface area contributed by atoms with Crippen LogP contribution in [0.5, 0.6) is 17.2 Å². The predicted molar refractivity (Wildman–Crippen MR) is 117 cm³/mol. The number of hydrogen-bond acceptors (Lipinski definition) is 5. The summed E-state index contributed by atoms with van der Waals surface area (Å²) in [5, 5.41) is 10.9. The molecule has 0 bridgehead atoms. The topological polar surface area (TPSA) is 65.0 Å². The lowest BCUT2D eigenvalue weighted by atomic mass is 9.96. The van der Waals surface area contributed by atoms with E-state index in [1.165, 1.54) is 7.11 Å². The Labute approximate surface area is 180 Å². The summed E-state index contributed by atoms with van der Waals surface area (Å²) >= 11 is 6.50. The van der Waals surface area contributed by atoms with Crippen LogP contribution >= 0.6 is 11.6 Å². The van der Waals surface area contributed by atoms with Gasteiger partial charge in [0.25, 0.3) is 0 Å². The molecule has 0 unspecified atom stereocenters. The van der Waals surface area contributed by atoms with E-state index < -0.39 is 5.97 Å². The van der Waals surface area contributed by atoms with Gasteiger partial charge in [0, 0.05) is 10.6 Å². The molecule has 3 aromatic rings. The van der Waals surface area contributed by atoms with E-state index in [0.717, 1.165) is 33.6 Å². The largest absolute Gasteiger partial charge is 0.507 e. The van der Waals surface area contributed by atoms with Gasteiger partial charge < -0.3 is 19.3 Å². The molecule has 0 heterocycles. The van der Waals surface area contributed by atoms with Crippen molar-refractivity contribution < 1.29 is 24.1 Å². The van der Waals surface area contributed by atoms with Gasteiger partial charge in [0.05, 0.1) is 14.2 Å². The molecular formula is C24H23ClO5. The number of ether oxygens (including phenoxy) is 3. The number of aromatic hydroxyl groups is 1. The molecule has 30 heavy (non-hydrogen) atoms. The third-order valence-corrected chi connectivity index (χ3v) is 5.14. The smallest absolute Gasteiger partial charge is 0.343 e. The van der Waals surface area contributed by atoms with E-state index in [1.54, 1.807) is 19.2 Å². The van der Waals surface area contributed by atoms with E-state index in [9.17, 15) is 9.90 Å². The van der Waals surface area contributed by atoms with Crippen LogP contribution in [0.2, 0.25) is 5.02 Å². The number of esters is 1. The quantitative estimate of drug-likeness (QED) is 0.528. The molecule has 0 amide bonds. The molecular weight excluding hydrogens is 404 g/mol. The fraction of sp³-hybridized carbons (Fsp3) is 0.208. The van der Waals surface area contributed by atoms with Crippen molar-refractivity contribution >= 4 is 17.6 Å². The van der Waals surface area contributed by atoms with E-state index in [2.05, 4.69) is 4.74 Å². The van der Waals surface area contributed by atoms with E-state index in [-0.39, 0.29) is 12.4 Å². The molecule has 0 aliphatic carbocycles. The number of hydrogen-bond donors (Lipinski definition) is 1. The maximum Gasteiger partial charge on any atom is 0.343 e. The van der Waals surface area contributed by atoms with Crippen LogP contribution in [0.4, 0.5) is 0 Å². The molecule has 3 rings (SSSR count). The van der Waals surface area contributed by atoms with Crippen LogP contribution in [0.15, 0.2) is 54.6 Å². The second kappa shape index (κ2) is 9.55. The van der Waals surface area contributed by atoms with E-state index in [1.807, 2.05) is 49.4 Å². The van der Waals surface area contributed by atoms with E-state index in [0.29, 0.717) is 17.2 Å². The number of halogens is 1. The molecule has 0 aliphatic heterocycles. The van der Waals surface area contributed by atoms with Crippen LogP contribution in [0, 0.1) is 6.92 Å². The number of phenols is 1. The summed E-state index contributed by atoms with van der Waals surface area (Å²) in [4.78, 5) is 11.3. The van der Waals surface area contributed by atoms with Gasteiger partial charge in [-0.15, -0.1) is 0 Å². The van der Waals surface area contributed by atoms with Crippen molar-refractivity contribution in [3.63, 3.8) is 0 Å². The first-order valence-electron chi connectivity index (χ1n) is 9.36. The molecule has 0 spiro atoms. The first-order valence-corrected chi connectivity index (χ1v) is 9.74. The maximum absolute atomic E-state index is 11.3. The fourth-order valence-electron chi connectivity index (χ4n) is 3.17. The summed E-state index contributed by atoms with van der Waals surface area (Å²) in [7, 11) is 2.92. The number of carbonyl (C=O) groups excluding carboxylic acids is 1. The third-order valence-electron chi connectivity index (χ3n) is 4.80. The Morgan fingerprint density at radius 3 is 2.53 bits per heavy atom. The van der Waals surface area contributed by atoms with Crippen molar-refractivity contribution in [1.29, 1.82) is 0 Å². The normalized spacial score (nSPS) is 10.5. The minimum atomic E-state index is -0.456. The van der Waals surface area contributed by atoms with Crippen molar-refractivity contribution in [2.75, 3.05) is 20.8 Å². The predicted octanol–water partition coefficient (Wildman–Crippen LogP) is 5.17. The Morgan fingerprint density at radius 2 is 1.83 bits per heavy atom. The highest BCUT2D eigenvalue weighted by atomic mass is 35.5. The number of phenolic OH excluding ortho intramolecular Hbond substituents is 1. The molecule has 0 saturated heterocycles. The Bertz CT molecular complexity index is 1040. The Hall–Kier alpha value is -3.18. The van der Waals surface area contributed by atoms with Crippen LogP contribution < -0.4 is 9.47 Å². The van der Waals surface area contributed by atoms with Gasteiger partial charge in [-0.2, -0.15) is 0 Å². The molecule has 6 heteroatoms. The molecule has 0 radical (unpaired) electrons. The summed E-state index contributed by atoms with van der Waals surface area (Å²) in [6, 6.07) is 16.6. The maximum atomic E-state index is 11.3. The lowest BCUT2D eigenvalue weighted by Gasteiger charge is -2.14. The first kappa shape index (κ1) is 21.5. The molecule has 0 atom stereocenters. The van der Waals surface area contributed by atoms with Gasteiger partial charge in [0.1, 0.15) is 17.2 Å². The van der Waals surface area contributed by atoms with Gasteiger partial charge >= 0.3 is 5.97 Å². The van der Waals surface area contributed by atoms with Gasteiger partial charge in [0.2, 0.25) is 0 Å². The van der Waals surface area contributed by atoms with Crippen molar-refractivity contribution in [3.05, 3.63) is 76.3 Å². The van der Waals surface area contributed by atoms with Gasteiger partial charge in [-0.3, -0.25) is 0 Å². The van der Waals surface area contributed by atoms with Gasteiger partial charge in [-0.05, 0) is 72.0 Å². The minimum Gasteiger partial charge on any atom is -0.507 e. The van der Waals surface area contributed by atoms with Crippen LogP contribution in [0.3, 0.4) is 0 Å². The summed E-state index contributed by atoms with van der Waals surface area (Å²) in [6.45, 7) is 1.77. The number of aryl methyl sites for hydroxylation is 1. The zero-order valence-corrected chi connectivity index (χ0v) is 17.8. The SMILES string of the molecule is COC(=O)COc1cc(C)c(Cc2ccc(O)c(-c3cccc(OC)c3)c2)c(Cl)c1. The fourth-order valence-corrected chi connectivity index (χ4v) is 3.49. The van der Waals surface area contributed by atoms with Crippen molar-refractivity contribution in [2.45, 2.75) is 13.3 Å². The number of rotatable bonds is 7. The van der Waals surface area contributed by atoms with Gasteiger partial charge in [-0.1, -0.05) is 29.8 Å². The van der Waals surface area contributed by atoms with Crippen LogP contribution in [-0.4, -0.2) is 31.9 Å². The highest BCUT2D eigenvalue weighted by Gasteiger charge is 2.12. The van der Waals surface area contributed by atoms with E-state index in [4.69, 9.17) is 21.1 Å². The highest BCUT2D eigenvalue weighted by molar-refractivity contribution is 6.31. The number of methoxy groups -OCH3 is 2. The van der Waals surface area contributed by atoms with Crippen LogP contribution in [0.1, 0.15) is 16.7 Å². The standard InChI is InChI=1S/C24H23ClO5/c1-15-9-19(30-14-24(27)29-3)13-22(25)20(15)10-16-7-8-23(26)21(11-16)17-5-4-6-18(12-17)28-2/h4-9,11-13,26H,10,14H2,1-3H3. The number of benzene rings is 3. The Kier molecular flexibility index (Phi) is 6.85. The number of carbonyl (C=O) groups is 1. The Morgan fingerprint density at radius 1 is 1.03 bits per heavy atom. The third kappa shape index (κ3) is 5.05. The molecule has 5 nitrogen and oxygen atoms in total. The lowest BCUT2D eigenvalue weighted by Crippen LogP contribution is -2.12. The van der Waals surface area contributed by atoms with Crippen LogP contribution in [-0.2, 0) is 16.0 Å². The summed E-state index contributed by atoms with van der Waals surface area (Å²) in [5.74, 6) is 0.969. The molecule has 156 valence electrons. The monoisotopic (exact) mass is 426 g/mol. The summed E-state index contributed by atoms with van der Waals surface area (Å²) < 4.78 is 15.3. The summed E-state index contributed by atoms with van der Waals surface area (Å²) in [5.41, 5.74) is 4.47. The molecule has 0 aliphatic rings. The molecule has 1 N–H and O–H groups in total. The second-order valence-corrected chi connectivity index (χ2v) is 7.23. The average molecular weight is 427 g/mol. The molecule has 0 aromatic heterocycles. The molecule has 0 fully saturated rings. The molecule has 0 saturated carbocycles.